The number of methoxy groups -OCH3 is 1. The molecular formula is C13H19NO3. The summed E-state index contributed by atoms with van der Waals surface area (Å²) in [6.45, 7) is 4.22. The Morgan fingerprint density at radius 3 is 2.71 bits per heavy atom. The maximum atomic E-state index is 10.9. The average molecular weight is 237 g/mol. The Hall–Kier alpha value is -1.55. The van der Waals surface area contributed by atoms with E-state index in [4.69, 9.17) is 10.5 Å². The lowest BCUT2D eigenvalue weighted by Crippen LogP contribution is -2.09. The molecule has 0 aliphatic heterocycles. The van der Waals surface area contributed by atoms with Crippen LogP contribution in [0.2, 0.25) is 0 Å². The molecule has 1 unspecified atom stereocenters. The molecule has 0 saturated heterocycles. The molecule has 17 heavy (non-hydrogen) atoms. The molecule has 1 aromatic carbocycles. The van der Waals surface area contributed by atoms with Gasteiger partial charge in [0.15, 0.2) is 0 Å². The molecule has 0 aliphatic carbocycles. The standard InChI is InChI=1S/C13H19NO3/c1-9-8-11(10(2)14)4-5-12(9)17-7-6-13(15)16-3/h4-5,8,10H,6-7,14H2,1-3H3. The highest BCUT2D eigenvalue weighted by atomic mass is 16.5. The molecule has 1 rings (SSSR count). The number of ether oxygens (including phenoxy) is 2. The van der Waals surface area contributed by atoms with E-state index in [2.05, 4.69) is 4.74 Å². The zero-order valence-electron chi connectivity index (χ0n) is 10.5. The largest absolute Gasteiger partial charge is 0.493 e. The zero-order valence-corrected chi connectivity index (χ0v) is 10.5. The summed E-state index contributed by atoms with van der Waals surface area (Å²) in [7, 11) is 1.37. The van der Waals surface area contributed by atoms with Crippen LogP contribution in [-0.4, -0.2) is 19.7 Å². The van der Waals surface area contributed by atoms with Crippen molar-refractivity contribution < 1.29 is 14.3 Å². The summed E-state index contributed by atoms with van der Waals surface area (Å²) < 4.78 is 10.0. The third-order valence-electron chi connectivity index (χ3n) is 2.52. The summed E-state index contributed by atoms with van der Waals surface area (Å²) in [4.78, 5) is 10.9. The number of benzene rings is 1. The normalized spacial score (nSPS) is 12.0. The first-order valence-corrected chi connectivity index (χ1v) is 5.60. The Bertz CT molecular complexity index is 388. The molecule has 94 valence electrons. The van der Waals surface area contributed by atoms with Gasteiger partial charge in [0.05, 0.1) is 20.1 Å². The van der Waals surface area contributed by atoms with E-state index in [1.807, 2.05) is 32.0 Å². The van der Waals surface area contributed by atoms with Crippen molar-refractivity contribution in [2.24, 2.45) is 5.73 Å². The lowest BCUT2D eigenvalue weighted by molar-refractivity contribution is -0.141. The lowest BCUT2D eigenvalue weighted by atomic mass is 10.1. The highest BCUT2D eigenvalue weighted by Crippen LogP contribution is 2.21. The SMILES string of the molecule is COC(=O)CCOc1ccc(C(C)N)cc1C. The fraction of sp³-hybridized carbons (Fsp3) is 0.462. The van der Waals surface area contributed by atoms with Crippen LogP contribution in [0.4, 0.5) is 0 Å². The number of esters is 1. The van der Waals surface area contributed by atoms with E-state index in [0.717, 1.165) is 16.9 Å². The number of carbonyl (C=O) groups is 1. The summed E-state index contributed by atoms with van der Waals surface area (Å²) in [6, 6.07) is 5.83. The predicted molar refractivity (Wildman–Crippen MR) is 65.9 cm³/mol. The van der Waals surface area contributed by atoms with Crippen molar-refractivity contribution in [3.8, 4) is 5.75 Å². The second-order valence-corrected chi connectivity index (χ2v) is 3.99. The van der Waals surface area contributed by atoms with E-state index < -0.39 is 0 Å². The summed E-state index contributed by atoms with van der Waals surface area (Å²) in [5, 5.41) is 0. The summed E-state index contributed by atoms with van der Waals surface area (Å²) in [5.41, 5.74) is 7.88. The Balaban J connectivity index is 2.57. The van der Waals surface area contributed by atoms with Gasteiger partial charge >= 0.3 is 5.97 Å². The fourth-order valence-electron chi connectivity index (χ4n) is 1.46. The zero-order chi connectivity index (χ0) is 12.8. The molecule has 0 radical (unpaired) electrons. The summed E-state index contributed by atoms with van der Waals surface area (Å²) in [5.74, 6) is 0.508. The molecule has 0 spiro atoms. The fourth-order valence-corrected chi connectivity index (χ4v) is 1.46. The minimum absolute atomic E-state index is 0.0119. The maximum Gasteiger partial charge on any atom is 0.308 e. The smallest absolute Gasteiger partial charge is 0.308 e. The Labute approximate surface area is 102 Å². The highest BCUT2D eigenvalue weighted by Gasteiger charge is 2.05. The van der Waals surface area contributed by atoms with Crippen LogP contribution in [0.25, 0.3) is 0 Å². The maximum absolute atomic E-state index is 10.9. The van der Waals surface area contributed by atoms with Crippen LogP contribution in [0, 0.1) is 6.92 Å². The van der Waals surface area contributed by atoms with Crippen molar-refractivity contribution in [1.82, 2.24) is 0 Å². The van der Waals surface area contributed by atoms with Crippen LogP contribution in [0.15, 0.2) is 18.2 Å². The topological polar surface area (TPSA) is 61.5 Å². The van der Waals surface area contributed by atoms with E-state index in [-0.39, 0.29) is 18.4 Å². The minimum Gasteiger partial charge on any atom is -0.493 e. The lowest BCUT2D eigenvalue weighted by Gasteiger charge is -2.11. The van der Waals surface area contributed by atoms with Crippen molar-refractivity contribution in [2.45, 2.75) is 26.3 Å². The van der Waals surface area contributed by atoms with E-state index in [1.165, 1.54) is 7.11 Å². The molecule has 0 bridgehead atoms. The Morgan fingerprint density at radius 1 is 1.47 bits per heavy atom. The third kappa shape index (κ3) is 4.07. The summed E-state index contributed by atoms with van der Waals surface area (Å²) in [6.07, 6.45) is 0.255. The molecule has 0 saturated carbocycles. The molecule has 0 amide bonds. The van der Waals surface area contributed by atoms with Crippen molar-refractivity contribution in [3.05, 3.63) is 29.3 Å². The van der Waals surface area contributed by atoms with Gasteiger partial charge in [-0.1, -0.05) is 12.1 Å². The van der Waals surface area contributed by atoms with Crippen molar-refractivity contribution in [1.29, 1.82) is 0 Å². The van der Waals surface area contributed by atoms with Crippen molar-refractivity contribution in [2.75, 3.05) is 13.7 Å². The van der Waals surface area contributed by atoms with E-state index >= 15 is 0 Å². The third-order valence-corrected chi connectivity index (χ3v) is 2.52. The minimum atomic E-state index is -0.269. The van der Waals surface area contributed by atoms with Crippen LogP contribution < -0.4 is 10.5 Å². The van der Waals surface area contributed by atoms with Crippen LogP contribution in [0.1, 0.15) is 30.5 Å². The monoisotopic (exact) mass is 237 g/mol. The molecule has 2 N–H and O–H groups in total. The van der Waals surface area contributed by atoms with Gasteiger partial charge in [0.25, 0.3) is 0 Å². The van der Waals surface area contributed by atoms with Gasteiger partial charge in [0.2, 0.25) is 0 Å². The van der Waals surface area contributed by atoms with Crippen molar-refractivity contribution >= 4 is 5.97 Å². The van der Waals surface area contributed by atoms with Gasteiger partial charge in [0.1, 0.15) is 5.75 Å². The number of hydrogen-bond acceptors (Lipinski definition) is 4. The molecule has 1 atom stereocenters. The first-order valence-electron chi connectivity index (χ1n) is 5.60. The average Bonchev–Trinajstić information content (AvgIpc) is 2.30. The van der Waals surface area contributed by atoms with Gasteiger partial charge < -0.3 is 15.2 Å². The molecule has 0 aromatic heterocycles. The second kappa shape index (κ2) is 6.25. The van der Waals surface area contributed by atoms with Gasteiger partial charge in [-0.2, -0.15) is 0 Å². The van der Waals surface area contributed by atoms with E-state index in [1.54, 1.807) is 0 Å². The molecule has 0 fully saturated rings. The van der Waals surface area contributed by atoms with Gasteiger partial charge in [-0.3, -0.25) is 4.79 Å². The van der Waals surface area contributed by atoms with Crippen LogP contribution in [0.3, 0.4) is 0 Å². The van der Waals surface area contributed by atoms with Gasteiger partial charge in [0, 0.05) is 6.04 Å². The molecular weight excluding hydrogens is 218 g/mol. The molecule has 4 nitrogen and oxygen atoms in total. The summed E-state index contributed by atoms with van der Waals surface area (Å²) >= 11 is 0. The number of aryl methyl sites for hydroxylation is 1. The van der Waals surface area contributed by atoms with Gasteiger partial charge in [-0.15, -0.1) is 0 Å². The molecule has 0 aliphatic rings. The Morgan fingerprint density at radius 2 is 2.18 bits per heavy atom. The van der Waals surface area contributed by atoms with Crippen LogP contribution in [-0.2, 0) is 9.53 Å². The van der Waals surface area contributed by atoms with E-state index in [0.29, 0.717) is 6.61 Å². The van der Waals surface area contributed by atoms with Gasteiger partial charge in [-0.05, 0) is 31.0 Å². The Kier molecular flexibility index (Phi) is 4.97. The second-order valence-electron chi connectivity index (χ2n) is 3.99. The van der Waals surface area contributed by atoms with E-state index in [9.17, 15) is 4.79 Å². The van der Waals surface area contributed by atoms with Gasteiger partial charge in [-0.25, -0.2) is 0 Å². The number of rotatable bonds is 5. The first kappa shape index (κ1) is 13.5. The number of nitrogens with two attached hydrogens (primary N) is 1. The first-order chi connectivity index (χ1) is 8.04. The van der Waals surface area contributed by atoms with Crippen molar-refractivity contribution in [3.63, 3.8) is 0 Å². The highest BCUT2D eigenvalue weighted by molar-refractivity contribution is 5.69. The number of carbonyl (C=O) groups excluding carboxylic acids is 1. The van der Waals surface area contributed by atoms with Crippen LogP contribution in [0.5, 0.6) is 5.75 Å². The molecule has 4 heteroatoms. The number of hydrogen-bond donors (Lipinski definition) is 1. The molecule has 0 heterocycles. The quantitative estimate of drug-likeness (QED) is 0.795. The van der Waals surface area contributed by atoms with Crippen LogP contribution >= 0.6 is 0 Å². The predicted octanol–water partition coefficient (Wildman–Crippen LogP) is 1.96. The molecule has 1 aromatic rings.